The van der Waals surface area contributed by atoms with Crippen LogP contribution in [0.5, 0.6) is 0 Å². The van der Waals surface area contributed by atoms with Crippen molar-refractivity contribution in [3.8, 4) is 0 Å². The van der Waals surface area contributed by atoms with Crippen molar-refractivity contribution in [2.75, 3.05) is 13.1 Å². The number of nitrogens with zero attached hydrogens (tertiary/aromatic N) is 4. The van der Waals surface area contributed by atoms with E-state index >= 15 is 0 Å². The predicted molar refractivity (Wildman–Crippen MR) is 84.4 cm³/mol. The molecule has 2 fully saturated rings. The molecule has 1 saturated heterocycles. The lowest BCUT2D eigenvalue weighted by Crippen LogP contribution is -2.53. The summed E-state index contributed by atoms with van der Waals surface area (Å²) in [4.78, 5) is 30.4. The zero-order valence-electron chi connectivity index (χ0n) is 13.6. The van der Waals surface area contributed by atoms with Gasteiger partial charge in [-0.3, -0.25) is 9.59 Å². The van der Waals surface area contributed by atoms with Gasteiger partial charge in [-0.1, -0.05) is 12.8 Å². The van der Waals surface area contributed by atoms with Crippen LogP contribution in [-0.2, 0) is 9.59 Å². The fourth-order valence-corrected chi connectivity index (χ4v) is 3.86. The Bertz CT molecular complexity index is 539. The normalized spacial score (nSPS) is 23.7. The molecule has 7 nitrogen and oxygen atoms in total. The van der Waals surface area contributed by atoms with Gasteiger partial charge in [0.05, 0.1) is 6.04 Å². The highest BCUT2D eigenvalue weighted by Gasteiger charge is 2.36. The highest BCUT2D eigenvalue weighted by molar-refractivity contribution is 5.87. The molecule has 2 amide bonds. The first-order chi connectivity index (χ1) is 11.1. The number of aromatic nitrogens is 3. The second-order valence-corrected chi connectivity index (χ2v) is 6.68. The average Bonchev–Trinajstić information content (AvgIpc) is 3.25. The maximum atomic E-state index is 13.0. The first kappa shape index (κ1) is 16.0. The van der Waals surface area contributed by atoms with Crippen molar-refractivity contribution in [1.29, 1.82) is 0 Å². The van der Waals surface area contributed by atoms with Gasteiger partial charge in [0, 0.05) is 20.0 Å². The van der Waals surface area contributed by atoms with Gasteiger partial charge in [0.2, 0.25) is 11.8 Å². The lowest BCUT2D eigenvalue weighted by molar-refractivity contribution is -0.139. The number of hydrogen-bond acceptors (Lipinski definition) is 4. The Morgan fingerprint density at radius 3 is 2.65 bits per heavy atom. The third-order valence-corrected chi connectivity index (χ3v) is 5.01. The molecule has 1 N–H and O–H groups in total. The monoisotopic (exact) mass is 319 g/mol. The van der Waals surface area contributed by atoms with Crippen molar-refractivity contribution in [3.63, 3.8) is 0 Å². The summed E-state index contributed by atoms with van der Waals surface area (Å²) in [5, 5.41) is 7.11. The second kappa shape index (κ2) is 7.10. The third kappa shape index (κ3) is 3.71. The Balaban J connectivity index is 1.69. The zero-order chi connectivity index (χ0) is 16.2. The highest BCUT2D eigenvalue weighted by atomic mass is 16.2. The van der Waals surface area contributed by atoms with Crippen LogP contribution in [0, 0.1) is 5.92 Å². The molecular formula is C16H25N5O2. The SMILES string of the molecule is CC(=O)N[C@@H](C(=O)N1CCC[C@@H](n2cncn2)C1)C1CCCC1. The molecule has 0 radical (unpaired) electrons. The standard InChI is InChI=1S/C16H25N5O2/c1-12(22)19-15(13-5-2-3-6-13)16(23)20-8-4-7-14(9-20)21-11-17-10-18-21/h10-11,13-15H,2-9H2,1H3,(H,19,22)/t14-,15-/m1/s1. The van der Waals surface area contributed by atoms with Crippen LogP contribution in [0.2, 0.25) is 0 Å². The van der Waals surface area contributed by atoms with E-state index in [-0.39, 0.29) is 29.8 Å². The van der Waals surface area contributed by atoms with Crippen LogP contribution in [-0.4, -0.2) is 50.6 Å². The van der Waals surface area contributed by atoms with E-state index in [1.54, 1.807) is 6.33 Å². The minimum atomic E-state index is -0.371. The van der Waals surface area contributed by atoms with Gasteiger partial charge in [0.25, 0.3) is 0 Å². The number of hydrogen-bond donors (Lipinski definition) is 1. The molecular weight excluding hydrogens is 294 g/mol. The van der Waals surface area contributed by atoms with E-state index in [2.05, 4.69) is 15.4 Å². The van der Waals surface area contributed by atoms with Crippen LogP contribution >= 0.6 is 0 Å². The van der Waals surface area contributed by atoms with Gasteiger partial charge < -0.3 is 10.2 Å². The van der Waals surface area contributed by atoms with Gasteiger partial charge in [-0.25, -0.2) is 9.67 Å². The minimum Gasteiger partial charge on any atom is -0.344 e. The predicted octanol–water partition coefficient (Wildman–Crippen LogP) is 1.14. The van der Waals surface area contributed by atoms with Gasteiger partial charge in [0.15, 0.2) is 0 Å². The van der Waals surface area contributed by atoms with Crippen LogP contribution in [0.4, 0.5) is 0 Å². The van der Waals surface area contributed by atoms with Crippen molar-refractivity contribution < 1.29 is 9.59 Å². The summed E-state index contributed by atoms with van der Waals surface area (Å²) in [6.45, 7) is 2.89. The maximum Gasteiger partial charge on any atom is 0.245 e. The number of carbonyl (C=O) groups is 2. The summed E-state index contributed by atoms with van der Waals surface area (Å²) in [7, 11) is 0. The fraction of sp³-hybridized carbons (Fsp3) is 0.750. The molecule has 1 saturated carbocycles. The molecule has 0 bridgehead atoms. The molecule has 2 heterocycles. The quantitative estimate of drug-likeness (QED) is 0.902. The van der Waals surface area contributed by atoms with E-state index in [0.29, 0.717) is 6.54 Å². The summed E-state index contributed by atoms with van der Waals surface area (Å²) >= 11 is 0. The second-order valence-electron chi connectivity index (χ2n) is 6.68. The van der Waals surface area contributed by atoms with E-state index in [0.717, 1.165) is 45.1 Å². The van der Waals surface area contributed by atoms with Crippen LogP contribution in [0.15, 0.2) is 12.7 Å². The molecule has 1 aromatic rings. The Hall–Kier alpha value is -1.92. The summed E-state index contributed by atoms with van der Waals surface area (Å²) in [5.74, 6) is 0.218. The Kier molecular flexibility index (Phi) is 4.93. The minimum absolute atomic E-state index is 0.0666. The molecule has 1 aliphatic carbocycles. The first-order valence-electron chi connectivity index (χ1n) is 8.55. The van der Waals surface area contributed by atoms with E-state index < -0.39 is 0 Å². The van der Waals surface area contributed by atoms with Crippen molar-refractivity contribution in [3.05, 3.63) is 12.7 Å². The molecule has 3 rings (SSSR count). The third-order valence-electron chi connectivity index (χ3n) is 5.01. The molecule has 126 valence electrons. The molecule has 2 atom stereocenters. The summed E-state index contributed by atoms with van der Waals surface area (Å²) < 4.78 is 1.84. The van der Waals surface area contributed by atoms with Crippen molar-refractivity contribution in [2.24, 2.45) is 5.92 Å². The number of likely N-dealkylation sites (tertiary alicyclic amines) is 1. The maximum absolute atomic E-state index is 13.0. The van der Waals surface area contributed by atoms with Gasteiger partial charge in [-0.05, 0) is 31.6 Å². The number of carbonyl (C=O) groups excluding carboxylic acids is 2. The van der Waals surface area contributed by atoms with E-state index in [9.17, 15) is 9.59 Å². The zero-order valence-corrected chi connectivity index (χ0v) is 13.6. The number of piperidine rings is 1. The topological polar surface area (TPSA) is 80.1 Å². The Morgan fingerprint density at radius 1 is 1.22 bits per heavy atom. The highest BCUT2D eigenvalue weighted by Crippen LogP contribution is 2.30. The Morgan fingerprint density at radius 2 is 2.00 bits per heavy atom. The molecule has 1 aliphatic heterocycles. The molecule has 23 heavy (non-hydrogen) atoms. The average molecular weight is 319 g/mol. The molecule has 0 unspecified atom stereocenters. The van der Waals surface area contributed by atoms with Crippen LogP contribution in [0.3, 0.4) is 0 Å². The van der Waals surface area contributed by atoms with Crippen molar-refractivity contribution in [2.45, 2.75) is 57.5 Å². The summed E-state index contributed by atoms with van der Waals surface area (Å²) in [6, 6.07) is -0.193. The van der Waals surface area contributed by atoms with Crippen LogP contribution < -0.4 is 5.32 Å². The van der Waals surface area contributed by atoms with Crippen molar-refractivity contribution >= 4 is 11.8 Å². The molecule has 1 aromatic heterocycles. The number of amides is 2. The van der Waals surface area contributed by atoms with Crippen molar-refractivity contribution in [1.82, 2.24) is 25.0 Å². The van der Waals surface area contributed by atoms with E-state index in [1.165, 1.54) is 13.3 Å². The number of rotatable bonds is 4. The fourth-order valence-electron chi connectivity index (χ4n) is 3.86. The lowest BCUT2D eigenvalue weighted by atomic mass is 9.95. The molecule has 0 aromatic carbocycles. The molecule has 2 aliphatic rings. The van der Waals surface area contributed by atoms with Gasteiger partial charge in [0.1, 0.15) is 18.7 Å². The van der Waals surface area contributed by atoms with Gasteiger partial charge in [-0.15, -0.1) is 0 Å². The van der Waals surface area contributed by atoms with Gasteiger partial charge >= 0.3 is 0 Å². The van der Waals surface area contributed by atoms with E-state index in [4.69, 9.17) is 0 Å². The smallest absolute Gasteiger partial charge is 0.245 e. The summed E-state index contributed by atoms with van der Waals surface area (Å²) in [6.07, 6.45) is 9.54. The lowest BCUT2D eigenvalue weighted by Gasteiger charge is -2.36. The summed E-state index contributed by atoms with van der Waals surface area (Å²) in [5.41, 5.74) is 0. The first-order valence-corrected chi connectivity index (χ1v) is 8.55. The van der Waals surface area contributed by atoms with Crippen LogP contribution in [0.25, 0.3) is 0 Å². The van der Waals surface area contributed by atoms with Crippen LogP contribution in [0.1, 0.15) is 51.5 Å². The largest absolute Gasteiger partial charge is 0.344 e. The number of nitrogens with one attached hydrogen (secondary N) is 1. The Labute approximate surface area is 136 Å². The van der Waals surface area contributed by atoms with E-state index in [1.807, 2.05) is 9.58 Å². The van der Waals surface area contributed by atoms with Gasteiger partial charge in [-0.2, -0.15) is 5.10 Å². The molecule has 7 heteroatoms. The molecule has 0 spiro atoms.